The van der Waals surface area contributed by atoms with Crippen molar-refractivity contribution in [1.82, 2.24) is 4.90 Å². The van der Waals surface area contributed by atoms with E-state index in [4.69, 9.17) is 9.31 Å². The Labute approximate surface area is 180 Å². The van der Waals surface area contributed by atoms with Crippen LogP contribution in [0, 0.1) is 5.92 Å². The number of halogens is 3. The van der Waals surface area contributed by atoms with E-state index in [2.05, 4.69) is 0 Å². The minimum Gasteiger partial charge on any atom is -0.399 e. The first kappa shape index (κ1) is 22.2. The van der Waals surface area contributed by atoms with Gasteiger partial charge < -0.3 is 14.2 Å². The first-order valence-corrected chi connectivity index (χ1v) is 10.6. The molecule has 2 aliphatic rings. The molecule has 166 valence electrons. The van der Waals surface area contributed by atoms with Gasteiger partial charge in [-0.25, -0.2) is 0 Å². The first-order valence-electron chi connectivity index (χ1n) is 10.6. The molecule has 2 heterocycles. The summed E-state index contributed by atoms with van der Waals surface area (Å²) in [5.41, 5.74) is 0.342. The number of likely N-dealkylation sites (tertiary alicyclic amines) is 1. The average Bonchev–Trinajstić information content (AvgIpc) is 2.93. The van der Waals surface area contributed by atoms with E-state index in [9.17, 15) is 18.0 Å². The second-order valence-electron chi connectivity index (χ2n) is 9.44. The summed E-state index contributed by atoms with van der Waals surface area (Å²) in [5.74, 6) is -1.57. The van der Waals surface area contributed by atoms with E-state index in [-0.39, 0.29) is 31.8 Å². The third kappa shape index (κ3) is 3.96. The molecular weight excluding hydrogens is 406 g/mol. The Bertz CT molecular complexity index is 981. The van der Waals surface area contributed by atoms with Gasteiger partial charge in [-0.3, -0.25) is 4.79 Å². The molecule has 0 aliphatic carbocycles. The Balaban J connectivity index is 1.63. The quantitative estimate of drug-likeness (QED) is 0.653. The molecule has 8 heteroatoms. The van der Waals surface area contributed by atoms with Crippen LogP contribution < -0.4 is 5.46 Å². The van der Waals surface area contributed by atoms with Gasteiger partial charge in [0, 0.05) is 18.7 Å². The standard InChI is InChI=1S/C23H27BF3NO3/c1-21(2)22(3,4)31-24(30-21)19-10-6-7-16-17(19)8-5-9-18(16)20(29)28-13-11-15(12-14-28)23(25,26)27/h5-10,15H,11-14H2,1-4H3. The van der Waals surface area contributed by atoms with Crippen molar-refractivity contribution in [3.8, 4) is 0 Å². The Hall–Kier alpha value is -2.06. The number of fused-ring (bicyclic) bond motifs is 1. The molecule has 2 saturated heterocycles. The summed E-state index contributed by atoms with van der Waals surface area (Å²) in [6.45, 7) is 8.15. The summed E-state index contributed by atoms with van der Waals surface area (Å²) in [5, 5.41) is 1.59. The molecule has 0 unspecified atom stereocenters. The zero-order valence-corrected chi connectivity index (χ0v) is 18.3. The molecule has 4 nitrogen and oxygen atoms in total. The van der Waals surface area contributed by atoms with Crippen molar-refractivity contribution in [3.05, 3.63) is 42.0 Å². The molecule has 2 aromatic carbocycles. The number of piperidine rings is 1. The summed E-state index contributed by atoms with van der Waals surface area (Å²) in [6.07, 6.45) is -4.31. The second-order valence-corrected chi connectivity index (χ2v) is 9.44. The highest BCUT2D eigenvalue weighted by atomic mass is 19.4. The average molecular weight is 433 g/mol. The largest absolute Gasteiger partial charge is 0.495 e. The van der Waals surface area contributed by atoms with Crippen molar-refractivity contribution in [1.29, 1.82) is 0 Å². The maximum atomic E-state index is 13.2. The Morgan fingerprint density at radius 1 is 0.968 bits per heavy atom. The third-order valence-corrected chi connectivity index (χ3v) is 6.94. The van der Waals surface area contributed by atoms with Crippen LogP contribution in [0.15, 0.2) is 36.4 Å². The molecule has 0 atom stereocenters. The summed E-state index contributed by atoms with van der Waals surface area (Å²) in [6, 6.07) is 11.1. The summed E-state index contributed by atoms with van der Waals surface area (Å²) < 4.78 is 51.3. The van der Waals surface area contributed by atoms with Gasteiger partial charge in [0.2, 0.25) is 0 Å². The van der Waals surface area contributed by atoms with Crippen molar-refractivity contribution in [2.75, 3.05) is 13.1 Å². The van der Waals surface area contributed by atoms with Gasteiger partial charge in [-0.1, -0.05) is 30.3 Å². The molecule has 0 radical (unpaired) electrons. The SMILES string of the molecule is CC1(C)OB(c2cccc3c(C(=O)N4CCC(C(F)(F)F)CC4)cccc23)OC1(C)C. The highest BCUT2D eigenvalue weighted by Gasteiger charge is 2.52. The molecule has 4 rings (SSSR count). The lowest BCUT2D eigenvalue weighted by Crippen LogP contribution is -2.42. The highest BCUT2D eigenvalue weighted by molar-refractivity contribution is 6.65. The van der Waals surface area contributed by atoms with Crippen LogP contribution >= 0.6 is 0 Å². The fourth-order valence-electron chi connectivity index (χ4n) is 4.28. The number of hydrogen-bond acceptors (Lipinski definition) is 3. The number of hydrogen-bond donors (Lipinski definition) is 0. The molecule has 2 aliphatic heterocycles. The van der Waals surface area contributed by atoms with Crippen LogP contribution in [0.1, 0.15) is 50.9 Å². The second kappa shape index (κ2) is 7.52. The van der Waals surface area contributed by atoms with Crippen molar-refractivity contribution in [3.63, 3.8) is 0 Å². The minimum absolute atomic E-state index is 0.0564. The smallest absolute Gasteiger partial charge is 0.399 e. The lowest BCUT2D eigenvalue weighted by molar-refractivity contribution is -0.183. The number of amides is 1. The van der Waals surface area contributed by atoms with E-state index in [1.165, 1.54) is 4.90 Å². The van der Waals surface area contributed by atoms with Crippen molar-refractivity contribution >= 4 is 29.3 Å². The third-order valence-electron chi connectivity index (χ3n) is 6.94. The first-order chi connectivity index (χ1) is 14.4. The fourth-order valence-corrected chi connectivity index (χ4v) is 4.28. The maximum Gasteiger partial charge on any atom is 0.495 e. The van der Waals surface area contributed by atoms with Gasteiger partial charge in [0.25, 0.3) is 5.91 Å². The van der Waals surface area contributed by atoms with Crippen molar-refractivity contribution in [2.45, 2.75) is 57.9 Å². The normalized spacial score (nSPS) is 21.6. The zero-order valence-electron chi connectivity index (χ0n) is 18.3. The number of nitrogens with zero attached hydrogens (tertiary/aromatic N) is 1. The number of carbonyl (C=O) groups is 1. The van der Waals surface area contributed by atoms with E-state index in [0.717, 1.165) is 16.2 Å². The Morgan fingerprint density at radius 3 is 2.10 bits per heavy atom. The van der Waals surface area contributed by atoms with E-state index in [1.54, 1.807) is 12.1 Å². The van der Waals surface area contributed by atoms with E-state index >= 15 is 0 Å². The summed E-state index contributed by atoms with van der Waals surface area (Å²) >= 11 is 0. The van der Waals surface area contributed by atoms with Gasteiger partial charge in [-0.05, 0) is 62.8 Å². The van der Waals surface area contributed by atoms with Crippen LogP contribution in [0.5, 0.6) is 0 Å². The molecule has 0 spiro atoms. The molecule has 0 aromatic heterocycles. The fraction of sp³-hybridized carbons (Fsp3) is 0.522. The number of benzene rings is 2. The van der Waals surface area contributed by atoms with Gasteiger partial charge in [-0.15, -0.1) is 0 Å². The van der Waals surface area contributed by atoms with Crippen LogP contribution in [0.4, 0.5) is 13.2 Å². The van der Waals surface area contributed by atoms with Crippen LogP contribution in [0.3, 0.4) is 0 Å². The molecule has 0 bridgehead atoms. The molecule has 0 N–H and O–H groups in total. The molecule has 1 amide bonds. The topological polar surface area (TPSA) is 38.8 Å². The van der Waals surface area contributed by atoms with Crippen LogP contribution in [-0.2, 0) is 9.31 Å². The summed E-state index contributed by atoms with van der Waals surface area (Å²) in [7, 11) is -0.568. The predicted molar refractivity (Wildman–Crippen MR) is 114 cm³/mol. The lowest BCUT2D eigenvalue weighted by atomic mass is 9.75. The highest BCUT2D eigenvalue weighted by Crippen LogP contribution is 2.37. The Kier molecular flexibility index (Phi) is 5.37. The van der Waals surface area contributed by atoms with Gasteiger partial charge in [0.15, 0.2) is 0 Å². The molecule has 0 saturated carbocycles. The number of rotatable bonds is 2. The van der Waals surface area contributed by atoms with Crippen LogP contribution in [0.2, 0.25) is 0 Å². The van der Waals surface area contributed by atoms with Crippen molar-refractivity contribution in [2.24, 2.45) is 5.92 Å². The lowest BCUT2D eigenvalue weighted by Gasteiger charge is -2.33. The van der Waals surface area contributed by atoms with E-state index < -0.39 is 30.4 Å². The zero-order chi connectivity index (χ0) is 22.6. The predicted octanol–water partition coefficient (Wildman–Crippen LogP) is 4.55. The van der Waals surface area contributed by atoms with Gasteiger partial charge >= 0.3 is 13.3 Å². The minimum atomic E-state index is -4.20. The van der Waals surface area contributed by atoms with Gasteiger partial charge in [0.05, 0.1) is 17.1 Å². The van der Waals surface area contributed by atoms with Gasteiger partial charge in [0.1, 0.15) is 0 Å². The van der Waals surface area contributed by atoms with E-state index in [1.807, 2.05) is 52.0 Å². The number of carbonyl (C=O) groups excluding carboxylic acids is 1. The van der Waals surface area contributed by atoms with Gasteiger partial charge in [-0.2, -0.15) is 13.2 Å². The Morgan fingerprint density at radius 2 is 1.52 bits per heavy atom. The molecule has 2 fully saturated rings. The monoisotopic (exact) mass is 433 g/mol. The molecule has 31 heavy (non-hydrogen) atoms. The molecular formula is C23H27BF3NO3. The summed E-state index contributed by atoms with van der Waals surface area (Å²) in [4.78, 5) is 14.7. The van der Waals surface area contributed by atoms with E-state index in [0.29, 0.717) is 5.56 Å². The van der Waals surface area contributed by atoms with Crippen LogP contribution in [0.25, 0.3) is 10.8 Å². The maximum absolute atomic E-state index is 13.2. The number of alkyl halides is 3. The van der Waals surface area contributed by atoms with Crippen LogP contribution in [-0.4, -0.2) is 48.4 Å². The van der Waals surface area contributed by atoms with Crippen molar-refractivity contribution < 1.29 is 27.3 Å². The molecule has 2 aromatic rings.